The molecule has 14 heavy (non-hydrogen) atoms. The Bertz CT molecular complexity index is 341. The van der Waals surface area contributed by atoms with E-state index in [1.807, 2.05) is 0 Å². The van der Waals surface area contributed by atoms with Crippen molar-refractivity contribution in [1.82, 2.24) is 0 Å². The van der Waals surface area contributed by atoms with Gasteiger partial charge in [0.15, 0.2) is 0 Å². The van der Waals surface area contributed by atoms with Gasteiger partial charge in [-0.1, -0.05) is 6.58 Å². The average molecular weight is 194 g/mol. The summed E-state index contributed by atoms with van der Waals surface area (Å²) < 4.78 is 17.4. The van der Waals surface area contributed by atoms with Crippen LogP contribution in [-0.4, -0.2) is 12.6 Å². The molecule has 0 aliphatic carbocycles. The molecule has 0 N–H and O–H groups in total. The number of carbonyl (C=O) groups excluding carboxylic acids is 1. The molecule has 2 nitrogen and oxygen atoms in total. The largest absolute Gasteiger partial charge is 0.458 e. The first-order valence-corrected chi connectivity index (χ1v) is 4.16. The lowest BCUT2D eigenvalue weighted by Crippen LogP contribution is -2.06. The molecule has 1 aromatic carbocycles. The van der Waals surface area contributed by atoms with Crippen molar-refractivity contribution >= 4 is 5.97 Å². The van der Waals surface area contributed by atoms with Gasteiger partial charge in [-0.25, -0.2) is 9.18 Å². The third-order valence-electron chi connectivity index (χ3n) is 1.53. The number of esters is 1. The van der Waals surface area contributed by atoms with Crippen LogP contribution in [-0.2, 0) is 4.74 Å². The molecule has 1 aromatic rings. The first-order chi connectivity index (χ1) is 6.59. The zero-order chi connectivity index (χ0) is 10.6. The van der Waals surface area contributed by atoms with Crippen LogP contribution in [0.2, 0.25) is 0 Å². The van der Waals surface area contributed by atoms with E-state index in [1.165, 1.54) is 24.3 Å². The van der Waals surface area contributed by atoms with E-state index >= 15 is 0 Å². The van der Waals surface area contributed by atoms with Crippen molar-refractivity contribution in [1.29, 1.82) is 0 Å². The van der Waals surface area contributed by atoms with Crippen molar-refractivity contribution in [2.75, 3.05) is 6.61 Å². The van der Waals surface area contributed by atoms with E-state index in [2.05, 4.69) is 6.58 Å². The molecule has 0 fully saturated rings. The molecule has 74 valence electrons. The summed E-state index contributed by atoms with van der Waals surface area (Å²) >= 11 is 0. The Balaban J connectivity index is 2.61. The van der Waals surface area contributed by atoms with E-state index in [4.69, 9.17) is 4.74 Å². The van der Waals surface area contributed by atoms with Crippen molar-refractivity contribution in [3.05, 3.63) is 47.8 Å². The number of halogens is 1. The average Bonchev–Trinajstić information content (AvgIpc) is 2.15. The molecule has 0 radical (unpaired) electrons. The van der Waals surface area contributed by atoms with Gasteiger partial charge in [0.2, 0.25) is 0 Å². The zero-order valence-corrected chi connectivity index (χ0v) is 7.92. The molecule has 0 aliphatic rings. The highest BCUT2D eigenvalue weighted by Gasteiger charge is 2.06. The zero-order valence-electron chi connectivity index (χ0n) is 7.92. The molecule has 0 aliphatic heterocycles. The summed E-state index contributed by atoms with van der Waals surface area (Å²) in [6, 6.07) is 5.21. The number of ether oxygens (including phenoxy) is 1. The number of rotatable bonds is 3. The first-order valence-electron chi connectivity index (χ1n) is 4.16. The maximum Gasteiger partial charge on any atom is 0.338 e. The molecule has 0 spiro atoms. The van der Waals surface area contributed by atoms with Gasteiger partial charge in [-0.3, -0.25) is 0 Å². The molecule has 0 amide bonds. The van der Waals surface area contributed by atoms with Crippen molar-refractivity contribution in [3.8, 4) is 0 Å². The lowest BCUT2D eigenvalue weighted by atomic mass is 10.2. The Morgan fingerprint density at radius 2 is 2.00 bits per heavy atom. The van der Waals surface area contributed by atoms with Crippen LogP contribution in [0.5, 0.6) is 0 Å². The van der Waals surface area contributed by atoms with Crippen molar-refractivity contribution < 1.29 is 13.9 Å². The topological polar surface area (TPSA) is 26.3 Å². The Hall–Kier alpha value is -1.64. The highest BCUT2D eigenvalue weighted by molar-refractivity contribution is 5.89. The van der Waals surface area contributed by atoms with Gasteiger partial charge in [0.1, 0.15) is 12.4 Å². The fraction of sp³-hybridized carbons (Fsp3) is 0.182. The van der Waals surface area contributed by atoms with Crippen LogP contribution in [0.3, 0.4) is 0 Å². The predicted molar refractivity (Wildman–Crippen MR) is 51.5 cm³/mol. The molecule has 0 saturated heterocycles. The fourth-order valence-corrected chi connectivity index (χ4v) is 0.858. The Morgan fingerprint density at radius 1 is 1.43 bits per heavy atom. The van der Waals surface area contributed by atoms with Gasteiger partial charge in [-0.05, 0) is 36.8 Å². The van der Waals surface area contributed by atoms with Crippen molar-refractivity contribution in [3.63, 3.8) is 0 Å². The monoisotopic (exact) mass is 194 g/mol. The third-order valence-corrected chi connectivity index (χ3v) is 1.53. The Kier molecular flexibility index (Phi) is 3.40. The lowest BCUT2D eigenvalue weighted by Gasteiger charge is -2.03. The van der Waals surface area contributed by atoms with Gasteiger partial charge in [-0.2, -0.15) is 0 Å². The summed E-state index contributed by atoms with van der Waals surface area (Å²) in [5.74, 6) is -0.838. The second-order valence-corrected chi connectivity index (χ2v) is 3.04. The Morgan fingerprint density at radius 3 is 2.50 bits per heavy atom. The highest BCUT2D eigenvalue weighted by Crippen LogP contribution is 2.05. The van der Waals surface area contributed by atoms with Crippen LogP contribution in [0, 0.1) is 5.82 Å². The van der Waals surface area contributed by atoms with Crippen LogP contribution in [0.1, 0.15) is 17.3 Å². The molecule has 0 aromatic heterocycles. The van der Waals surface area contributed by atoms with Crippen LogP contribution in [0.25, 0.3) is 0 Å². The Labute approximate surface area is 82.0 Å². The van der Waals surface area contributed by atoms with Crippen LogP contribution < -0.4 is 0 Å². The maximum atomic E-state index is 12.5. The quantitative estimate of drug-likeness (QED) is 0.546. The number of benzene rings is 1. The van der Waals surface area contributed by atoms with E-state index < -0.39 is 5.97 Å². The van der Waals surface area contributed by atoms with Gasteiger partial charge in [-0.15, -0.1) is 0 Å². The standard InChI is InChI=1S/C11H11FO2/c1-8(2)7-14-11(13)9-3-5-10(12)6-4-9/h3-6H,1,7H2,2H3. The SMILES string of the molecule is C=C(C)COC(=O)c1ccc(F)cc1. The van der Waals surface area contributed by atoms with Crippen LogP contribution >= 0.6 is 0 Å². The molecule has 1 rings (SSSR count). The highest BCUT2D eigenvalue weighted by atomic mass is 19.1. The summed E-state index contributed by atoms with van der Waals surface area (Å²) in [5, 5.41) is 0. The third kappa shape index (κ3) is 3.01. The number of hydrogen-bond donors (Lipinski definition) is 0. The summed E-state index contributed by atoms with van der Waals surface area (Å²) in [7, 11) is 0. The molecular weight excluding hydrogens is 183 g/mol. The molecular formula is C11H11FO2. The summed E-state index contributed by atoms with van der Waals surface area (Å²) in [4.78, 5) is 11.3. The van der Waals surface area contributed by atoms with Crippen molar-refractivity contribution in [2.45, 2.75) is 6.92 Å². The normalized spacial score (nSPS) is 9.57. The summed E-state index contributed by atoms with van der Waals surface area (Å²) in [6.45, 7) is 5.55. The lowest BCUT2D eigenvalue weighted by molar-refractivity contribution is 0.0540. The fourth-order valence-electron chi connectivity index (χ4n) is 0.858. The van der Waals surface area contributed by atoms with Gasteiger partial charge in [0.25, 0.3) is 0 Å². The predicted octanol–water partition coefficient (Wildman–Crippen LogP) is 2.56. The molecule has 3 heteroatoms. The van der Waals surface area contributed by atoms with E-state index in [0.717, 1.165) is 5.57 Å². The van der Waals surface area contributed by atoms with E-state index in [0.29, 0.717) is 5.56 Å². The molecule has 0 unspecified atom stereocenters. The second kappa shape index (κ2) is 4.56. The first kappa shape index (κ1) is 10.4. The number of carbonyl (C=O) groups is 1. The van der Waals surface area contributed by atoms with Gasteiger partial charge in [0.05, 0.1) is 5.56 Å². The van der Waals surface area contributed by atoms with Crippen LogP contribution in [0.15, 0.2) is 36.4 Å². The minimum atomic E-state index is -0.465. The van der Waals surface area contributed by atoms with E-state index in [1.54, 1.807) is 6.92 Å². The molecule has 0 atom stereocenters. The smallest absolute Gasteiger partial charge is 0.338 e. The maximum absolute atomic E-state index is 12.5. The summed E-state index contributed by atoms with van der Waals surface area (Å²) in [5.41, 5.74) is 1.10. The van der Waals surface area contributed by atoms with Crippen LogP contribution in [0.4, 0.5) is 4.39 Å². The molecule has 0 heterocycles. The van der Waals surface area contributed by atoms with E-state index in [-0.39, 0.29) is 12.4 Å². The van der Waals surface area contributed by atoms with Gasteiger partial charge in [0, 0.05) is 0 Å². The minimum absolute atomic E-state index is 0.191. The minimum Gasteiger partial charge on any atom is -0.458 e. The summed E-state index contributed by atoms with van der Waals surface area (Å²) in [6.07, 6.45) is 0. The van der Waals surface area contributed by atoms with Gasteiger partial charge < -0.3 is 4.74 Å². The molecule has 0 saturated carbocycles. The number of hydrogen-bond acceptors (Lipinski definition) is 2. The molecule has 0 bridgehead atoms. The van der Waals surface area contributed by atoms with Gasteiger partial charge >= 0.3 is 5.97 Å². The second-order valence-electron chi connectivity index (χ2n) is 3.04. The van der Waals surface area contributed by atoms with E-state index in [9.17, 15) is 9.18 Å². The van der Waals surface area contributed by atoms with Crippen molar-refractivity contribution in [2.24, 2.45) is 0 Å².